The topological polar surface area (TPSA) is 57.7 Å². The van der Waals surface area contributed by atoms with Gasteiger partial charge in [-0.1, -0.05) is 29.8 Å². The van der Waals surface area contributed by atoms with E-state index < -0.39 is 10.0 Å². The van der Waals surface area contributed by atoms with Crippen molar-refractivity contribution in [1.82, 2.24) is 4.31 Å². The molecule has 0 aliphatic carbocycles. The third kappa shape index (κ3) is 3.42. The number of amides is 1. The second-order valence-electron chi connectivity index (χ2n) is 6.16. The van der Waals surface area contributed by atoms with E-state index >= 15 is 0 Å². The lowest BCUT2D eigenvalue weighted by Gasteiger charge is -2.25. The van der Waals surface area contributed by atoms with Crippen LogP contribution >= 0.6 is 11.6 Å². The fourth-order valence-corrected chi connectivity index (χ4v) is 4.33. The maximum absolute atomic E-state index is 12.8. The summed E-state index contributed by atoms with van der Waals surface area (Å²) in [4.78, 5) is 14.6. The first kappa shape index (κ1) is 17.9. The smallest absolute Gasteiger partial charge is 0.243 e. The Bertz CT molecular complexity index is 897. The van der Waals surface area contributed by atoms with E-state index in [1.54, 1.807) is 4.90 Å². The molecule has 25 heavy (non-hydrogen) atoms. The van der Waals surface area contributed by atoms with Crippen LogP contribution in [0, 0.1) is 0 Å². The Morgan fingerprint density at radius 1 is 1.20 bits per heavy atom. The van der Waals surface area contributed by atoms with Crippen molar-refractivity contribution < 1.29 is 13.2 Å². The lowest BCUT2D eigenvalue weighted by molar-refractivity contribution is -0.118. The molecule has 0 bridgehead atoms. The van der Waals surface area contributed by atoms with Crippen molar-refractivity contribution in [2.45, 2.75) is 24.3 Å². The Hall–Kier alpha value is -1.89. The number of anilines is 1. The van der Waals surface area contributed by atoms with Gasteiger partial charge in [0, 0.05) is 23.8 Å². The van der Waals surface area contributed by atoms with Crippen LogP contribution in [0.25, 0.3) is 0 Å². The van der Waals surface area contributed by atoms with E-state index in [1.165, 1.54) is 31.3 Å². The minimum Gasteiger partial charge on any atom is -0.308 e. The van der Waals surface area contributed by atoms with Gasteiger partial charge in [0.05, 0.1) is 11.4 Å². The van der Waals surface area contributed by atoms with Crippen molar-refractivity contribution in [2.24, 2.45) is 0 Å². The molecule has 0 aromatic heterocycles. The molecule has 0 N–H and O–H groups in total. The predicted molar refractivity (Wildman–Crippen MR) is 98.4 cm³/mol. The molecule has 2 aromatic carbocycles. The Morgan fingerprint density at radius 2 is 1.84 bits per heavy atom. The molecule has 2 aromatic rings. The lowest BCUT2D eigenvalue weighted by Crippen LogP contribution is -2.43. The first-order valence-corrected chi connectivity index (χ1v) is 9.74. The summed E-state index contributed by atoms with van der Waals surface area (Å²) in [6.07, 6.45) is 0.773. The average Bonchev–Trinajstić information content (AvgIpc) is 2.90. The molecule has 1 heterocycles. The summed E-state index contributed by atoms with van der Waals surface area (Å²) >= 11 is 5.81. The SMILES string of the molecule is CC1Cc2ccccc2N1C(=O)CN(C)S(=O)(=O)c1ccc(Cl)cc1. The van der Waals surface area contributed by atoms with Crippen molar-refractivity contribution in [3.8, 4) is 0 Å². The zero-order valence-corrected chi connectivity index (χ0v) is 15.6. The van der Waals surface area contributed by atoms with Gasteiger partial charge in [-0.15, -0.1) is 0 Å². The highest BCUT2D eigenvalue weighted by Gasteiger charge is 2.33. The van der Waals surface area contributed by atoms with Crippen LogP contribution in [0.5, 0.6) is 0 Å². The third-order valence-electron chi connectivity index (χ3n) is 4.36. The number of hydrogen-bond donors (Lipinski definition) is 0. The number of carbonyl (C=O) groups excluding carboxylic acids is 1. The molecular weight excluding hydrogens is 360 g/mol. The molecule has 1 unspecified atom stereocenters. The Kier molecular flexibility index (Phi) is 4.86. The predicted octanol–water partition coefficient (Wildman–Crippen LogP) is 2.94. The summed E-state index contributed by atoms with van der Waals surface area (Å²) in [5, 5.41) is 0.458. The van der Waals surface area contributed by atoms with Gasteiger partial charge in [0.15, 0.2) is 0 Å². The summed E-state index contributed by atoms with van der Waals surface area (Å²) in [5.74, 6) is -0.238. The lowest BCUT2D eigenvalue weighted by atomic mass is 10.1. The molecule has 1 aliphatic rings. The normalized spacial score (nSPS) is 17.0. The highest BCUT2D eigenvalue weighted by atomic mass is 35.5. The fourth-order valence-electron chi connectivity index (χ4n) is 3.08. The van der Waals surface area contributed by atoms with Gasteiger partial charge in [-0.3, -0.25) is 4.79 Å². The molecule has 1 atom stereocenters. The van der Waals surface area contributed by atoms with Gasteiger partial charge >= 0.3 is 0 Å². The molecular formula is C18H19ClN2O3S. The number of sulfonamides is 1. The van der Waals surface area contributed by atoms with E-state index in [9.17, 15) is 13.2 Å². The van der Waals surface area contributed by atoms with Gasteiger partial charge in [-0.25, -0.2) is 8.42 Å². The Labute approximate surface area is 152 Å². The quantitative estimate of drug-likeness (QED) is 0.821. The number of hydrogen-bond acceptors (Lipinski definition) is 3. The minimum absolute atomic E-state index is 0.0107. The van der Waals surface area contributed by atoms with E-state index in [1.807, 2.05) is 31.2 Å². The van der Waals surface area contributed by atoms with E-state index in [0.717, 1.165) is 22.0 Å². The molecule has 0 spiro atoms. The first-order valence-electron chi connectivity index (χ1n) is 7.92. The van der Waals surface area contributed by atoms with Crippen LogP contribution in [0.1, 0.15) is 12.5 Å². The summed E-state index contributed by atoms with van der Waals surface area (Å²) in [5.41, 5.74) is 1.96. The van der Waals surface area contributed by atoms with Crippen LogP contribution < -0.4 is 4.90 Å². The number of nitrogens with zero attached hydrogens (tertiary/aromatic N) is 2. The largest absolute Gasteiger partial charge is 0.308 e. The number of halogens is 1. The van der Waals surface area contributed by atoms with Crippen LogP contribution in [0.2, 0.25) is 5.02 Å². The summed E-state index contributed by atoms with van der Waals surface area (Å²) in [7, 11) is -2.34. The summed E-state index contributed by atoms with van der Waals surface area (Å²) in [6.45, 7) is 1.75. The maximum atomic E-state index is 12.8. The second-order valence-corrected chi connectivity index (χ2v) is 8.64. The van der Waals surface area contributed by atoms with E-state index in [2.05, 4.69) is 0 Å². The van der Waals surface area contributed by atoms with Crippen molar-refractivity contribution >= 4 is 33.2 Å². The number of para-hydroxylation sites is 1. The number of fused-ring (bicyclic) bond motifs is 1. The highest BCUT2D eigenvalue weighted by molar-refractivity contribution is 7.89. The van der Waals surface area contributed by atoms with Crippen LogP contribution in [-0.2, 0) is 21.2 Å². The van der Waals surface area contributed by atoms with Gasteiger partial charge in [0.1, 0.15) is 0 Å². The number of carbonyl (C=O) groups is 1. The van der Waals surface area contributed by atoms with Crippen LogP contribution in [0.15, 0.2) is 53.4 Å². The molecule has 1 aliphatic heterocycles. The van der Waals surface area contributed by atoms with Crippen LogP contribution in [0.4, 0.5) is 5.69 Å². The first-order chi connectivity index (χ1) is 11.8. The van der Waals surface area contributed by atoms with Crippen molar-refractivity contribution in [1.29, 1.82) is 0 Å². The molecule has 132 valence electrons. The third-order valence-corrected chi connectivity index (χ3v) is 6.43. The van der Waals surface area contributed by atoms with Crippen molar-refractivity contribution in [3.63, 3.8) is 0 Å². The standard InChI is InChI=1S/C18H19ClN2O3S/c1-13-11-14-5-3-4-6-17(14)21(13)18(22)12-20(2)25(23,24)16-9-7-15(19)8-10-16/h3-10,13H,11-12H2,1-2H3. The number of rotatable bonds is 4. The van der Waals surface area contributed by atoms with Crippen molar-refractivity contribution in [3.05, 3.63) is 59.1 Å². The van der Waals surface area contributed by atoms with Crippen molar-refractivity contribution in [2.75, 3.05) is 18.5 Å². The molecule has 3 rings (SSSR count). The zero-order valence-electron chi connectivity index (χ0n) is 14.0. The average molecular weight is 379 g/mol. The molecule has 0 saturated carbocycles. The van der Waals surface area contributed by atoms with Crippen LogP contribution in [0.3, 0.4) is 0 Å². The molecule has 0 saturated heterocycles. The van der Waals surface area contributed by atoms with Gasteiger partial charge in [-0.05, 0) is 49.2 Å². The van der Waals surface area contributed by atoms with E-state index in [4.69, 9.17) is 11.6 Å². The minimum atomic E-state index is -3.75. The van der Waals surface area contributed by atoms with Gasteiger partial charge < -0.3 is 4.90 Å². The monoisotopic (exact) mass is 378 g/mol. The van der Waals surface area contributed by atoms with E-state index in [0.29, 0.717) is 5.02 Å². The summed E-state index contributed by atoms with van der Waals surface area (Å²) < 4.78 is 26.3. The Morgan fingerprint density at radius 3 is 2.52 bits per heavy atom. The van der Waals surface area contributed by atoms with Gasteiger partial charge in [0.25, 0.3) is 0 Å². The molecule has 0 fully saturated rings. The second kappa shape index (κ2) is 6.78. The summed E-state index contributed by atoms with van der Waals surface area (Å²) in [6, 6.07) is 13.6. The molecule has 7 heteroatoms. The number of likely N-dealkylation sites (N-methyl/N-ethyl adjacent to an activating group) is 1. The van der Waals surface area contributed by atoms with Gasteiger partial charge in [-0.2, -0.15) is 4.31 Å². The van der Waals surface area contributed by atoms with Gasteiger partial charge in [0.2, 0.25) is 15.9 Å². The van der Waals surface area contributed by atoms with E-state index in [-0.39, 0.29) is 23.4 Å². The highest BCUT2D eigenvalue weighted by Crippen LogP contribution is 2.32. The fraction of sp³-hybridized carbons (Fsp3) is 0.278. The van der Waals surface area contributed by atoms with Crippen LogP contribution in [-0.4, -0.2) is 38.3 Å². The number of benzene rings is 2. The maximum Gasteiger partial charge on any atom is 0.243 e. The molecule has 1 amide bonds. The zero-order chi connectivity index (χ0) is 18.2. The molecule has 0 radical (unpaired) electrons. The molecule has 5 nitrogen and oxygen atoms in total. The Balaban J connectivity index is 1.80.